The number of hydrogen-bond acceptors (Lipinski definition) is 3. The van der Waals surface area contributed by atoms with Crippen LogP contribution in [0.4, 0.5) is 0 Å². The topological polar surface area (TPSA) is 53.5 Å². The van der Waals surface area contributed by atoms with Gasteiger partial charge in [-0.3, -0.25) is 0 Å². The van der Waals surface area contributed by atoms with Crippen LogP contribution in [0.25, 0.3) is 0 Å². The quantitative estimate of drug-likeness (QED) is 0.832. The van der Waals surface area contributed by atoms with E-state index in [1.807, 2.05) is 6.07 Å². The predicted octanol–water partition coefficient (Wildman–Crippen LogP) is 3.13. The Kier molecular flexibility index (Phi) is 5.79. The van der Waals surface area contributed by atoms with E-state index in [-0.39, 0.29) is 6.15 Å². The van der Waals surface area contributed by atoms with Gasteiger partial charge in [-0.05, 0) is 36.6 Å². The van der Waals surface area contributed by atoms with Crippen molar-refractivity contribution < 1.29 is 9.47 Å². The molecule has 1 aromatic carbocycles. The Hall–Kier alpha value is -1.22. The fourth-order valence-electron chi connectivity index (χ4n) is 1.56. The molecule has 3 nitrogen and oxygen atoms in total. The fraction of sp³-hybridized carbons (Fsp3) is 0.500. The average Bonchev–Trinajstić information content (AvgIpc) is 2.20. The number of benzene rings is 1. The summed E-state index contributed by atoms with van der Waals surface area (Å²) in [7, 11) is 3.33. The molecule has 0 aliphatic carbocycles. The first-order valence-electron chi connectivity index (χ1n) is 4.94. The Balaban J connectivity index is 0.00000196. The second-order valence-electron chi connectivity index (χ2n) is 3.38. The second-order valence-corrected chi connectivity index (χ2v) is 3.38. The molecule has 1 rings (SSSR count). The van der Waals surface area contributed by atoms with Crippen LogP contribution in [0, 0.1) is 6.92 Å². The molecule has 0 radical (unpaired) electrons. The predicted molar refractivity (Wildman–Crippen MR) is 63.3 cm³/mol. The van der Waals surface area contributed by atoms with Gasteiger partial charge in [-0.25, -0.2) is 0 Å². The third-order valence-electron chi connectivity index (χ3n) is 2.36. The highest BCUT2D eigenvalue weighted by Crippen LogP contribution is 2.30. The first-order valence-corrected chi connectivity index (χ1v) is 4.94. The van der Waals surface area contributed by atoms with Crippen LogP contribution in [0.5, 0.6) is 11.5 Å². The molecule has 0 unspecified atom stereocenters. The fourth-order valence-corrected chi connectivity index (χ4v) is 1.56. The van der Waals surface area contributed by atoms with Crippen LogP contribution in [0.1, 0.15) is 24.5 Å². The summed E-state index contributed by atoms with van der Waals surface area (Å²) >= 11 is 0. The molecule has 1 aromatic rings. The lowest BCUT2D eigenvalue weighted by atomic mass is 10.0. The van der Waals surface area contributed by atoms with Crippen molar-refractivity contribution in [1.29, 1.82) is 0 Å². The molecule has 0 aliphatic rings. The molecular weight excluding hydrogens is 190 g/mol. The molecule has 0 aliphatic heterocycles. The van der Waals surface area contributed by atoms with Crippen LogP contribution in [-0.4, -0.2) is 14.2 Å². The van der Waals surface area contributed by atoms with E-state index >= 15 is 0 Å². The van der Waals surface area contributed by atoms with Gasteiger partial charge in [-0.2, -0.15) is 0 Å². The molecular formula is C12H21NO2. The Bertz CT molecular complexity index is 311. The van der Waals surface area contributed by atoms with Crippen molar-refractivity contribution in [2.24, 2.45) is 0 Å². The van der Waals surface area contributed by atoms with Gasteiger partial charge < -0.3 is 15.6 Å². The normalized spacial score (nSPS) is 9.33. The molecule has 0 aromatic heterocycles. The van der Waals surface area contributed by atoms with Gasteiger partial charge in [0.15, 0.2) is 11.5 Å². The number of hydrogen-bond donors (Lipinski definition) is 1. The number of aryl methyl sites for hydroxylation is 2. The minimum absolute atomic E-state index is 0. The van der Waals surface area contributed by atoms with Crippen LogP contribution in [0.15, 0.2) is 12.1 Å². The molecule has 15 heavy (non-hydrogen) atoms. The van der Waals surface area contributed by atoms with Crippen LogP contribution < -0.4 is 15.6 Å². The Morgan fingerprint density at radius 2 is 1.60 bits per heavy atom. The highest BCUT2D eigenvalue weighted by molar-refractivity contribution is 5.47. The summed E-state index contributed by atoms with van der Waals surface area (Å²) in [6, 6.07) is 4.10. The summed E-state index contributed by atoms with van der Waals surface area (Å²) in [6.07, 6.45) is 2.24. The summed E-state index contributed by atoms with van der Waals surface area (Å²) in [5, 5.41) is 0. The average molecular weight is 211 g/mol. The summed E-state index contributed by atoms with van der Waals surface area (Å²) < 4.78 is 10.5. The Morgan fingerprint density at radius 1 is 1.07 bits per heavy atom. The molecule has 0 spiro atoms. The molecule has 3 N–H and O–H groups in total. The molecule has 3 heteroatoms. The van der Waals surface area contributed by atoms with Gasteiger partial charge in [0.2, 0.25) is 0 Å². The zero-order chi connectivity index (χ0) is 10.6. The highest BCUT2D eigenvalue weighted by atomic mass is 16.5. The van der Waals surface area contributed by atoms with Gasteiger partial charge in [0.1, 0.15) is 0 Å². The lowest BCUT2D eigenvalue weighted by Crippen LogP contribution is -1.95. The second kappa shape index (κ2) is 6.30. The molecule has 86 valence electrons. The monoisotopic (exact) mass is 211 g/mol. The minimum Gasteiger partial charge on any atom is -0.493 e. The largest absolute Gasteiger partial charge is 0.493 e. The number of methoxy groups -OCH3 is 2. The molecule has 0 heterocycles. The standard InChI is InChI=1S/C12H18O2.H3N/c1-5-6-10-8-12(14-4)11(13-3)7-9(10)2;/h7-8H,5-6H2,1-4H3;1H3. The molecule has 0 amide bonds. The third kappa shape index (κ3) is 3.13. The van der Waals surface area contributed by atoms with Crippen molar-refractivity contribution in [3.05, 3.63) is 23.3 Å². The molecule has 0 saturated heterocycles. The van der Waals surface area contributed by atoms with Crippen molar-refractivity contribution in [2.45, 2.75) is 26.7 Å². The Morgan fingerprint density at radius 3 is 2.07 bits per heavy atom. The zero-order valence-corrected chi connectivity index (χ0v) is 10.1. The van der Waals surface area contributed by atoms with Gasteiger partial charge in [0, 0.05) is 0 Å². The lowest BCUT2D eigenvalue weighted by molar-refractivity contribution is 0.354. The van der Waals surface area contributed by atoms with E-state index in [0.717, 1.165) is 24.3 Å². The van der Waals surface area contributed by atoms with Gasteiger partial charge >= 0.3 is 0 Å². The first-order chi connectivity index (χ1) is 6.72. The lowest BCUT2D eigenvalue weighted by Gasteiger charge is -2.11. The maximum absolute atomic E-state index is 5.25. The summed E-state index contributed by atoms with van der Waals surface area (Å²) in [5.74, 6) is 1.63. The van der Waals surface area contributed by atoms with Crippen molar-refractivity contribution in [1.82, 2.24) is 6.15 Å². The molecule has 0 bridgehead atoms. The number of ether oxygens (including phenoxy) is 2. The van der Waals surface area contributed by atoms with Crippen LogP contribution >= 0.6 is 0 Å². The van der Waals surface area contributed by atoms with Crippen molar-refractivity contribution in [2.75, 3.05) is 14.2 Å². The van der Waals surface area contributed by atoms with E-state index in [4.69, 9.17) is 9.47 Å². The van der Waals surface area contributed by atoms with Crippen LogP contribution in [-0.2, 0) is 6.42 Å². The minimum atomic E-state index is 0. The van der Waals surface area contributed by atoms with E-state index in [2.05, 4.69) is 19.9 Å². The SMILES string of the molecule is CCCc1cc(OC)c(OC)cc1C.N. The summed E-state index contributed by atoms with van der Waals surface area (Å²) in [5.41, 5.74) is 2.61. The van der Waals surface area contributed by atoms with Crippen molar-refractivity contribution in [3.63, 3.8) is 0 Å². The highest BCUT2D eigenvalue weighted by Gasteiger charge is 2.07. The van der Waals surface area contributed by atoms with Gasteiger partial charge in [0.25, 0.3) is 0 Å². The maximum Gasteiger partial charge on any atom is 0.161 e. The summed E-state index contributed by atoms with van der Waals surface area (Å²) in [4.78, 5) is 0. The van der Waals surface area contributed by atoms with E-state index in [9.17, 15) is 0 Å². The van der Waals surface area contributed by atoms with Crippen molar-refractivity contribution >= 4 is 0 Å². The van der Waals surface area contributed by atoms with Gasteiger partial charge in [-0.15, -0.1) is 0 Å². The maximum atomic E-state index is 5.25. The first kappa shape index (κ1) is 13.8. The Labute approximate surface area is 92.0 Å². The van der Waals surface area contributed by atoms with E-state index < -0.39 is 0 Å². The van der Waals surface area contributed by atoms with Gasteiger partial charge in [-0.1, -0.05) is 13.3 Å². The smallest absolute Gasteiger partial charge is 0.161 e. The molecule has 0 saturated carbocycles. The zero-order valence-electron chi connectivity index (χ0n) is 10.1. The van der Waals surface area contributed by atoms with Crippen LogP contribution in [0.2, 0.25) is 0 Å². The van der Waals surface area contributed by atoms with Crippen molar-refractivity contribution in [3.8, 4) is 11.5 Å². The van der Waals surface area contributed by atoms with E-state index in [1.54, 1.807) is 14.2 Å². The number of rotatable bonds is 4. The third-order valence-corrected chi connectivity index (χ3v) is 2.36. The van der Waals surface area contributed by atoms with Gasteiger partial charge in [0.05, 0.1) is 14.2 Å². The molecule has 0 atom stereocenters. The van der Waals surface area contributed by atoms with E-state index in [1.165, 1.54) is 11.1 Å². The van der Waals surface area contributed by atoms with Crippen LogP contribution in [0.3, 0.4) is 0 Å². The molecule has 0 fully saturated rings. The van der Waals surface area contributed by atoms with E-state index in [0.29, 0.717) is 0 Å². The summed E-state index contributed by atoms with van der Waals surface area (Å²) in [6.45, 7) is 4.28.